The third-order valence-corrected chi connectivity index (χ3v) is 3.72. The molecular formula is C11H18ClNO2S. The van der Waals surface area contributed by atoms with Gasteiger partial charge in [0.1, 0.15) is 6.10 Å². The first-order chi connectivity index (χ1) is 7.67. The van der Waals surface area contributed by atoms with Crippen molar-refractivity contribution in [3.05, 3.63) is 21.3 Å². The predicted octanol–water partition coefficient (Wildman–Crippen LogP) is 2.45. The Bertz CT molecular complexity index is 306. The predicted molar refractivity (Wildman–Crippen MR) is 68.2 cm³/mol. The first-order valence-corrected chi connectivity index (χ1v) is 6.52. The highest BCUT2D eigenvalue weighted by Gasteiger charge is 2.12. The number of rotatable bonds is 7. The van der Waals surface area contributed by atoms with Gasteiger partial charge >= 0.3 is 0 Å². The van der Waals surface area contributed by atoms with Gasteiger partial charge < -0.3 is 15.2 Å². The van der Waals surface area contributed by atoms with E-state index in [-0.39, 0.29) is 6.04 Å². The van der Waals surface area contributed by atoms with Crippen LogP contribution in [0.4, 0.5) is 0 Å². The number of aliphatic hydroxyl groups is 1. The Morgan fingerprint density at radius 1 is 1.56 bits per heavy atom. The molecule has 1 aromatic heterocycles. The average Bonchev–Trinajstić information content (AvgIpc) is 2.70. The summed E-state index contributed by atoms with van der Waals surface area (Å²) < 4.78 is 5.78. The number of ether oxygens (including phenoxy) is 1. The molecule has 0 aliphatic carbocycles. The largest absolute Gasteiger partial charge is 0.386 e. The van der Waals surface area contributed by atoms with Crippen molar-refractivity contribution in [1.29, 1.82) is 0 Å². The number of halogens is 1. The topological polar surface area (TPSA) is 41.5 Å². The SMILES string of the molecule is CCC(COC)NCC(O)c1ccc(Cl)s1. The van der Waals surface area contributed by atoms with Gasteiger partial charge in [-0.3, -0.25) is 0 Å². The summed E-state index contributed by atoms with van der Waals surface area (Å²) in [6, 6.07) is 3.95. The van der Waals surface area contributed by atoms with E-state index in [1.54, 1.807) is 13.2 Å². The van der Waals surface area contributed by atoms with Crippen molar-refractivity contribution in [3.63, 3.8) is 0 Å². The van der Waals surface area contributed by atoms with Crippen molar-refractivity contribution in [2.24, 2.45) is 0 Å². The smallest absolute Gasteiger partial charge is 0.101 e. The molecule has 2 unspecified atom stereocenters. The molecule has 5 heteroatoms. The van der Waals surface area contributed by atoms with Gasteiger partial charge in [-0.15, -0.1) is 11.3 Å². The summed E-state index contributed by atoms with van der Waals surface area (Å²) in [5.74, 6) is 0. The van der Waals surface area contributed by atoms with Gasteiger partial charge in [0.15, 0.2) is 0 Å². The maximum atomic E-state index is 9.89. The van der Waals surface area contributed by atoms with Crippen LogP contribution >= 0.6 is 22.9 Å². The molecule has 92 valence electrons. The van der Waals surface area contributed by atoms with Crippen LogP contribution in [0.2, 0.25) is 4.34 Å². The van der Waals surface area contributed by atoms with Crippen LogP contribution in [0.15, 0.2) is 12.1 Å². The third-order valence-electron chi connectivity index (χ3n) is 2.38. The van der Waals surface area contributed by atoms with E-state index in [4.69, 9.17) is 16.3 Å². The van der Waals surface area contributed by atoms with Gasteiger partial charge in [0, 0.05) is 24.6 Å². The molecule has 2 N–H and O–H groups in total. The molecule has 0 saturated heterocycles. The number of thiophene rings is 1. The lowest BCUT2D eigenvalue weighted by molar-refractivity contribution is 0.139. The Labute approximate surface area is 105 Å². The van der Waals surface area contributed by atoms with Crippen LogP contribution in [0, 0.1) is 0 Å². The van der Waals surface area contributed by atoms with Crippen LogP contribution in [0.25, 0.3) is 0 Å². The van der Waals surface area contributed by atoms with Gasteiger partial charge in [-0.25, -0.2) is 0 Å². The van der Waals surface area contributed by atoms with E-state index in [0.29, 0.717) is 17.5 Å². The number of aliphatic hydroxyl groups excluding tert-OH is 1. The first-order valence-electron chi connectivity index (χ1n) is 5.33. The summed E-state index contributed by atoms with van der Waals surface area (Å²) in [7, 11) is 1.68. The van der Waals surface area contributed by atoms with E-state index in [1.807, 2.05) is 6.07 Å². The van der Waals surface area contributed by atoms with Crippen molar-refractivity contribution < 1.29 is 9.84 Å². The van der Waals surface area contributed by atoms with Crippen LogP contribution in [0.1, 0.15) is 24.3 Å². The highest BCUT2D eigenvalue weighted by molar-refractivity contribution is 7.16. The molecule has 0 saturated carbocycles. The maximum Gasteiger partial charge on any atom is 0.101 e. The zero-order chi connectivity index (χ0) is 12.0. The summed E-state index contributed by atoms with van der Waals surface area (Å²) >= 11 is 7.22. The van der Waals surface area contributed by atoms with Gasteiger partial charge in [0.25, 0.3) is 0 Å². The molecule has 0 amide bonds. The van der Waals surface area contributed by atoms with Crippen molar-refractivity contribution in [2.45, 2.75) is 25.5 Å². The molecule has 0 bridgehead atoms. The summed E-state index contributed by atoms with van der Waals surface area (Å²) in [5.41, 5.74) is 0. The Kier molecular flexibility index (Phi) is 6.31. The van der Waals surface area contributed by atoms with Gasteiger partial charge in [-0.05, 0) is 18.6 Å². The highest BCUT2D eigenvalue weighted by atomic mass is 35.5. The maximum absolute atomic E-state index is 9.89. The molecular weight excluding hydrogens is 246 g/mol. The molecule has 1 aromatic rings. The minimum atomic E-state index is -0.497. The second kappa shape index (κ2) is 7.25. The fraction of sp³-hybridized carbons (Fsp3) is 0.636. The number of methoxy groups -OCH3 is 1. The fourth-order valence-electron chi connectivity index (χ4n) is 1.41. The Balaban J connectivity index is 2.36. The summed E-state index contributed by atoms with van der Waals surface area (Å²) in [6.07, 6.45) is 0.481. The minimum Gasteiger partial charge on any atom is -0.386 e. The lowest BCUT2D eigenvalue weighted by atomic mass is 10.2. The van der Waals surface area contributed by atoms with E-state index in [2.05, 4.69) is 12.2 Å². The van der Waals surface area contributed by atoms with Crippen LogP contribution in [-0.2, 0) is 4.74 Å². The molecule has 1 rings (SSSR count). The van der Waals surface area contributed by atoms with E-state index in [9.17, 15) is 5.11 Å². The molecule has 0 aliphatic heterocycles. The van der Waals surface area contributed by atoms with Crippen molar-refractivity contribution in [3.8, 4) is 0 Å². The Morgan fingerprint density at radius 2 is 2.31 bits per heavy atom. The molecule has 0 spiro atoms. The standard InChI is InChI=1S/C11H18ClNO2S/c1-3-8(7-15-2)13-6-9(14)10-4-5-11(12)16-10/h4-5,8-9,13-14H,3,6-7H2,1-2H3. The summed E-state index contributed by atoms with van der Waals surface area (Å²) in [6.45, 7) is 3.28. The zero-order valence-corrected chi connectivity index (χ0v) is 11.1. The Morgan fingerprint density at radius 3 is 2.81 bits per heavy atom. The first kappa shape index (κ1) is 13.9. The summed E-state index contributed by atoms with van der Waals surface area (Å²) in [4.78, 5) is 0.893. The van der Waals surface area contributed by atoms with Gasteiger partial charge in [0.05, 0.1) is 10.9 Å². The number of hydrogen-bond acceptors (Lipinski definition) is 4. The highest BCUT2D eigenvalue weighted by Crippen LogP contribution is 2.26. The van der Waals surface area contributed by atoms with Gasteiger partial charge in [0.2, 0.25) is 0 Å². The lowest BCUT2D eigenvalue weighted by Gasteiger charge is -2.18. The van der Waals surface area contributed by atoms with Crippen molar-refractivity contribution >= 4 is 22.9 Å². The number of nitrogens with one attached hydrogen (secondary N) is 1. The van der Waals surface area contributed by atoms with Gasteiger partial charge in [-0.1, -0.05) is 18.5 Å². The van der Waals surface area contributed by atoms with E-state index in [1.165, 1.54) is 11.3 Å². The molecule has 0 aliphatic rings. The Hall–Kier alpha value is -0.130. The molecule has 0 fully saturated rings. The molecule has 3 nitrogen and oxygen atoms in total. The third kappa shape index (κ3) is 4.39. The zero-order valence-electron chi connectivity index (χ0n) is 9.57. The second-order valence-electron chi connectivity index (χ2n) is 3.63. The quantitative estimate of drug-likeness (QED) is 0.794. The monoisotopic (exact) mass is 263 g/mol. The summed E-state index contributed by atoms with van der Waals surface area (Å²) in [5, 5.41) is 13.2. The molecule has 16 heavy (non-hydrogen) atoms. The fourth-order valence-corrected chi connectivity index (χ4v) is 2.46. The number of hydrogen-bond donors (Lipinski definition) is 2. The molecule has 2 atom stereocenters. The average molecular weight is 264 g/mol. The van der Waals surface area contributed by atoms with Crippen LogP contribution < -0.4 is 5.32 Å². The van der Waals surface area contributed by atoms with Crippen LogP contribution in [0.5, 0.6) is 0 Å². The van der Waals surface area contributed by atoms with E-state index >= 15 is 0 Å². The van der Waals surface area contributed by atoms with Crippen molar-refractivity contribution in [2.75, 3.05) is 20.3 Å². The van der Waals surface area contributed by atoms with Crippen LogP contribution in [-0.4, -0.2) is 31.4 Å². The van der Waals surface area contributed by atoms with E-state index < -0.39 is 6.10 Å². The molecule has 0 radical (unpaired) electrons. The van der Waals surface area contributed by atoms with Crippen LogP contribution in [0.3, 0.4) is 0 Å². The van der Waals surface area contributed by atoms with Crippen molar-refractivity contribution in [1.82, 2.24) is 5.32 Å². The second-order valence-corrected chi connectivity index (χ2v) is 5.37. The minimum absolute atomic E-state index is 0.287. The molecule has 0 aromatic carbocycles. The normalized spacial score (nSPS) is 15.0. The van der Waals surface area contributed by atoms with Gasteiger partial charge in [-0.2, -0.15) is 0 Å². The molecule has 1 heterocycles. The van der Waals surface area contributed by atoms with E-state index in [0.717, 1.165) is 11.3 Å². The lowest BCUT2D eigenvalue weighted by Crippen LogP contribution is -2.35.